The molecule has 2 rings (SSSR count). The number of hydrogen-bond donors (Lipinski definition) is 3. The van der Waals surface area contributed by atoms with E-state index in [-0.39, 0.29) is 17.4 Å². The van der Waals surface area contributed by atoms with Crippen molar-refractivity contribution in [2.75, 3.05) is 5.32 Å². The van der Waals surface area contributed by atoms with Crippen molar-refractivity contribution in [2.45, 2.75) is 13.0 Å². The maximum Gasteiger partial charge on any atom is 0.263 e. The SMILES string of the molecule is CC(NC(=O)/C(C#N)=C\Nc1ccccc1O)c1ccccc1. The van der Waals surface area contributed by atoms with Gasteiger partial charge in [0.2, 0.25) is 0 Å². The van der Waals surface area contributed by atoms with Gasteiger partial charge in [0, 0.05) is 6.20 Å². The predicted octanol–water partition coefficient (Wildman–Crippen LogP) is 3.09. The fourth-order valence-corrected chi connectivity index (χ4v) is 1.99. The number of anilines is 1. The highest BCUT2D eigenvalue weighted by Gasteiger charge is 2.13. The van der Waals surface area contributed by atoms with Crippen LogP contribution in [0.15, 0.2) is 66.4 Å². The fourth-order valence-electron chi connectivity index (χ4n) is 1.99. The van der Waals surface area contributed by atoms with Crippen LogP contribution in [0.4, 0.5) is 5.69 Å². The van der Waals surface area contributed by atoms with Crippen molar-refractivity contribution in [1.82, 2.24) is 5.32 Å². The number of benzene rings is 2. The molecule has 0 bridgehead atoms. The van der Waals surface area contributed by atoms with E-state index >= 15 is 0 Å². The summed E-state index contributed by atoms with van der Waals surface area (Å²) in [6, 6.07) is 17.7. The highest BCUT2D eigenvalue weighted by atomic mass is 16.3. The zero-order valence-corrected chi connectivity index (χ0v) is 12.7. The van der Waals surface area contributed by atoms with E-state index < -0.39 is 5.91 Å². The van der Waals surface area contributed by atoms with Crippen LogP contribution < -0.4 is 10.6 Å². The van der Waals surface area contributed by atoms with E-state index in [2.05, 4.69) is 10.6 Å². The van der Waals surface area contributed by atoms with Gasteiger partial charge in [0.05, 0.1) is 11.7 Å². The summed E-state index contributed by atoms with van der Waals surface area (Å²) in [6.07, 6.45) is 1.28. The van der Waals surface area contributed by atoms with Gasteiger partial charge in [-0.05, 0) is 24.6 Å². The molecule has 0 spiro atoms. The Kier molecular flexibility index (Phi) is 5.37. The number of nitrogens with zero attached hydrogens (tertiary/aromatic N) is 1. The molecule has 116 valence electrons. The number of phenols is 1. The van der Waals surface area contributed by atoms with Crippen molar-refractivity contribution in [3.63, 3.8) is 0 Å². The first kappa shape index (κ1) is 16.1. The number of hydrogen-bond acceptors (Lipinski definition) is 4. The summed E-state index contributed by atoms with van der Waals surface area (Å²) in [6.45, 7) is 1.85. The Bertz CT molecular complexity index is 748. The number of nitrogens with one attached hydrogen (secondary N) is 2. The van der Waals surface area contributed by atoms with E-state index in [1.54, 1.807) is 18.2 Å². The Balaban J connectivity index is 2.05. The third-order valence-corrected chi connectivity index (χ3v) is 3.29. The van der Waals surface area contributed by atoms with Crippen LogP contribution in [-0.4, -0.2) is 11.0 Å². The van der Waals surface area contributed by atoms with Crippen molar-refractivity contribution >= 4 is 11.6 Å². The zero-order valence-electron chi connectivity index (χ0n) is 12.7. The van der Waals surface area contributed by atoms with E-state index in [0.717, 1.165) is 5.56 Å². The first-order chi connectivity index (χ1) is 11.1. The highest BCUT2D eigenvalue weighted by Crippen LogP contribution is 2.21. The van der Waals surface area contributed by atoms with Crippen LogP contribution >= 0.6 is 0 Å². The van der Waals surface area contributed by atoms with Crippen molar-refractivity contribution in [1.29, 1.82) is 5.26 Å². The Morgan fingerprint density at radius 3 is 2.48 bits per heavy atom. The van der Waals surface area contributed by atoms with E-state index in [0.29, 0.717) is 5.69 Å². The first-order valence-corrected chi connectivity index (χ1v) is 7.12. The van der Waals surface area contributed by atoms with Crippen LogP contribution in [-0.2, 0) is 4.79 Å². The van der Waals surface area contributed by atoms with Crippen LogP contribution in [0.3, 0.4) is 0 Å². The molecule has 5 heteroatoms. The molecule has 0 saturated carbocycles. The molecule has 0 fully saturated rings. The molecule has 0 saturated heterocycles. The Morgan fingerprint density at radius 2 is 1.83 bits per heavy atom. The molecule has 2 aromatic rings. The maximum absolute atomic E-state index is 12.2. The quantitative estimate of drug-likeness (QED) is 0.450. The number of carbonyl (C=O) groups excluding carboxylic acids is 1. The number of rotatable bonds is 5. The third kappa shape index (κ3) is 4.35. The monoisotopic (exact) mass is 307 g/mol. The molecule has 5 nitrogen and oxygen atoms in total. The molecule has 0 aliphatic rings. The van der Waals surface area contributed by atoms with Gasteiger partial charge in [-0.15, -0.1) is 0 Å². The van der Waals surface area contributed by atoms with Gasteiger partial charge in [-0.2, -0.15) is 5.26 Å². The predicted molar refractivity (Wildman–Crippen MR) is 88.4 cm³/mol. The van der Waals surface area contributed by atoms with Gasteiger partial charge in [0.1, 0.15) is 17.4 Å². The average molecular weight is 307 g/mol. The van der Waals surface area contributed by atoms with Gasteiger partial charge in [0.25, 0.3) is 5.91 Å². The van der Waals surface area contributed by atoms with E-state index in [4.69, 9.17) is 5.26 Å². The van der Waals surface area contributed by atoms with Crippen molar-refractivity contribution in [3.8, 4) is 11.8 Å². The Hall–Kier alpha value is -3.26. The Morgan fingerprint density at radius 1 is 1.17 bits per heavy atom. The van der Waals surface area contributed by atoms with Crippen molar-refractivity contribution < 1.29 is 9.90 Å². The summed E-state index contributed by atoms with van der Waals surface area (Å²) in [7, 11) is 0. The number of carbonyl (C=O) groups is 1. The summed E-state index contributed by atoms with van der Waals surface area (Å²) in [5.74, 6) is -0.439. The largest absolute Gasteiger partial charge is 0.506 e. The molecule has 0 aliphatic heterocycles. The number of phenolic OH excluding ortho intramolecular Hbond substituents is 1. The molecule has 3 N–H and O–H groups in total. The van der Waals surface area contributed by atoms with Gasteiger partial charge in [-0.1, -0.05) is 42.5 Å². The lowest BCUT2D eigenvalue weighted by Gasteiger charge is -2.14. The molecule has 0 heterocycles. The minimum atomic E-state index is -0.480. The standard InChI is InChI=1S/C18H17N3O2/c1-13(14-7-3-2-4-8-14)21-18(23)15(11-19)12-20-16-9-5-6-10-17(16)22/h2-10,12-13,20,22H,1H3,(H,21,23)/b15-12-. The fraction of sp³-hybridized carbons (Fsp3) is 0.111. The van der Waals surface area contributed by atoms with Gasteiger partial charge in [-0.3, -0.25) is 4.79 Å². The van der Waals surface area contributed by atoms with Crippen LogP contribution in [0.25, 0.3) is 0 Å². The molecule has 0 radical (unpaired) electrons. The normalized spacial score (nSPS) is 12.1. The number of aromatic hydroxyl groups is 1. The van der Waals surface area contributed by atoms with Crippen LogP contribution in [0.2, 0.25) is 0 Å². The van der Waals surface area contributed by atoms with Gasteiger partial charge >= 0.3 is 0 Å². The smallest absolute Gasteiger partial charge is 0.263 e. The summed E-state index contributed by atoms with van der Waals surface area (Å²) in [5, 5.41) is 24.3. The number of nitriles is 1. The molecule has 0 aliphatic carbocycles. The second-order valence-electron chi connectivity index (χ2n) is 4.94. The minimum absolute atomic E-state index is 0.0408. The van der Waals surface area contributed by atoms with Gasteiger partial charge < -0.3 is 15.7 Å². The van der Waals surface area contributed by atoms with Gasteiger partial charge in [-0.25, -0.2) is 0 Å². The third-order valence-electron chi connectivity index (χ3n) is 3.29. The minimum Gasteiger partial charge on any atom is -0.506 e. The highest BCUT2D eigenvalue weighted by molar-refractivity contribution is 5.97. The molecular weight excluding hydrogens is 290 g/mol. The second kappa shape index (κ2) is 7.66. The molecule has 0 aromatic heterocycles. The molecule has 1 unspecified atom stereocenters. The molecular formula is C18H17N3O2. The van der Waals surface area contributed by atoms with E-state index in [9.17, 15) is 9.90 Å². The molecule has 1 amide bonds. The maximum atomic E-state index is 12.2. The van der Waals surface area contributed by atoms with Crippen LogP contribution in [0.5, 0.6) is 5.75 Å². The second-order valence-corrected chi connectivity index (χ2v) is 4.94. The Labute approximate surface area is 134 Å². The summed E-state index contributed by atoms with van der Waals surface area (Å²) in [4.78, 5) is 12.2. The molecule has 2 aromatic carbocycles. The number of para-hydroxylation sites is 2. The molecule has 23 heavy (non-hydrogen) atoms. The summed E-state index contributed by atoms with van der Waals surface area (Å²) >= 11 is 0. The van der Waals surface area contributed by atoms with Crippen LogP contribution in [0, 0.1) is 11.3 Å². The summed E-state index contributed by atoms with van der Waals surface area (Å²) in [5.41, 5.74) is 1.30. The lowest BCUT2D eigenvalue weighted by atomic mass is 10.1. The zero-order chi connectivity index (χ0) is 16.7. The van der Waals surface area contributed by atoms with E-state index in [1.165, 1.54) is 12.3 Å². The van der Waals surface area contributed by atoms with Crippen LogP contribution in [0.1, 0.15) is 18.5 Å². The first-order valence-electron chi connectivity index (χ1n) is 7.12. The number of amides is 1. The van der Waals surface area contributed by atoms with E-state index in [1.807, 2.05) is 43.3 Å². The summed E-state index contributed by atoms with van der Waals surface area (Å²) < 4.78 is 0. The molecule has 1 atom stereocenters. The average Bonchev–Trinajstić information content (AvgIpc) is 2.57. The topological polar surface area (TPSA) is 85.2 Å². The lowest BCUT2D eigenvalue weighted by molar-refractivity contribution is -0.117. The van der Waals surface area contributed by atoms with Crippen molar-refractivity contribution in [3.05, 3.63) is 71.9 Å². The van der Waals surface area contributed by atoms with Gasteiger partial charge in [0.15, 0.2) is 0 Å². The van der Waals surface area contributed by atoms with Crippen molar-refractivity contribution in [2.24, 2.45) is 0 Å². The lowest BCUT2D eigenvalue weighted by Crippen LogP contribution is -2.28.